The number of hydrogen-bond acceptors (Lipinski definition) is 1. The van der Waals surface area contributed by atoms with E-state index in [2.05, 4.69) is 33.0 Å². The van der Waals surface area contributed by atoms with E-state index in [1.165, 1.54) is 6.42 Å². The van der Waals surface area contributed by atoms with Gasteiger partial charge >= 0.3 is 6.09 Å². The summed E-state index contributed by atoms with van der Waals surface area (Å²) < 4.78 is 0. The van der Waals surface area contributed by atoms with Gasteiger partial charge in [0.15, 0.2) is 0 Å². The minimum absolute atomic E-state index is 0.152. The summed E-state index contributed by atoms with van der Waals surface area (Å²) in [5, 5.41) is 11.5. The van der Waals surface area contributed by atoms with Crippen LogP contribution >= 0.6 is 0 Å². The molecule has 3 nitrogen and oxygen atoms in total. The molecule has 0 aromatic carbocycles. The fraction of sp³-hybridized carbons (Fsp3) is 0.917. The van der Waals surface area contributed by atoms with Gasteiger partial charge in [0.25, 0.3) is 0 Å². The van der Waals surface area contributed by atoms with E-state index in [1.54, 1.807) is 0 Å². The number of carbonyl (C=O) groups is 1. The van der Waals surface area contributed by atoms with Crippen molar-refractivity contribution in [2.45, 2.75) is 46.6 Å². The highest BCUT2D eigenvalue weighted by Gasteiger charge is 2.64. The fourth-order valence-corrected chi connectivity index (χ4v) is 3.81. The minimum Gasteiger partial charge on any atom is -0.465 e. The molecular weight excluding hydrogens is 190 g/mol. The highest BCUT2D eigenvalue weighted by atomic mass is 16.4. The molecule has 0 aromatic rings. The Balaban J connectivity index is 2.16. The van der Waals surface area contributed by atoms with Crippen LogP contribution in [-0.4, -0.2) is 17.2 Å². The van der Waals surface area contributed by atoms with Crippen LogP contribution in [0.3, 0.4) is 0 Å². The lowest BCUT2D eigenvalue weighted by Crippen LogP contribution is -2.66. The Bertz CT molecular complexity index is 300. The first kappa shape index (κ1) is 10.8. The number of rotatable bonds is 1. The second-order valence-electron chi connectivity index (χ2n) is 6.12. The summed E-state index contributed by atoms with van der Waals surface area (Å²) in [6.07, 6.45) is 1.39. The fourth-order valence-electron chi connectivity index (χ4n) is 3.81. The zero-order chi connectivity index (χ0) is 11.4. The van der Waals surface area contributed by atoms with Crippen LogP contribution in [0.2, 0.25) is 0 Å². The van der Waals surface area contributed by atoms with Crippen LogP contribution in [0.4, 0.5) is 4.79 Å². The Kier molecular flexibility index (Phi) is 2.08. The van der Waals surface area contributed by atoms with E-state index < -0.39 is 6.09 Å². The summed E-state index contributed by atoms with van der Waals surface area (Å²) in [7, 11) is 0. The van der Waals surface area contributed by atoms with E-state index in [1.807, 2.05) is 0 Å². The molecule has 2 N–H and O–H groups in total. The zero-order valence-electron chi connectivity index (χ0n) is 10.0. The minimum atomic E-state index is -0.880. The molecule has 0 radical (unpaired) electrons. The first-order chi connectivity index (χ1) is 6.79. The van der Waals surface area contributed by atoms with Gasteiger partial charge in [0.1, 0.15) is 0 Å². The molecule has 0 saturated heterocycles. The number of nitrogens with one attached hydrogen (secondary N) is 1. The predicted octanol–water partition coefficient (Wildman–Crippen LogP) is 2.71. The topological polar surface area (TPSA) is 49.3 Å². The second kappa shape index (κ2) is 2.89. The molecule has 3 rings (SSSR count). The van der Waals surface area contributed by atoms with Gasteiger partial charge < -0.3 is 10.4 Å². The molecule has 15 heavy (non-hydrogen) atoms. The number of amides is 1. The molecule has 2 unspecified atom stereocenters. The zero-order valence-corrected chi connectivity index (χ0v) is 10.0. The molecule has 0 heterocycles. The molecule has 4 atom stereocenters. The molecule has 0 spiro atoms. The van der Waals surface area contributed by atoms with E-state index in [4.69, 9.17) is 5.11 Å². The van der Waals surface area contributed by atoms with Gasteiger partial charge in [-0.15, -0.1) is 0 Å². The lowest BCUT2D eigenvalue weighted by Gasteiger charge is -2.69. The third-order valence-corrected chi connectivity index (χ3v) is 5.62. The Hall–Kier alpha value is -0.730. The standard InChI is InChI=1S/C12H21NO2/c1-7-9(13-10(14)15)5-8-6-12(7,4)11(8,2)3/h7-9,13H,5-6H2,1-4H3,(H,14,15)/t7?,8-,9-,12?/m1/s1. The van der Waals surface area contributed by atoms with Crippen molar-refractivity contribution in [2.24, 2.45) is 22.7 Å². The molecule has 0 aromatic heterocycles. The molecule has 1 amide bonds. The van der Waals surface area contributed by atoms with Crippen molar-refractivity contribution in [3.05, 3.63) is 0 Å². The van der Waals surface area contributed by atoms with Gasteiger partial charge in [-0.3, -0.25) is 0 Å². The summed E-state index contributed by atoms with van der Waals surface area (Å²) in [4.78, 5) is 10.7. The van der Waals surface area contributed by atoms with E-state index in [-0.39, 0.29) is 6.04 Å². The highest BCUT2D eigenvalue weighted by molar-refractivity contribution is 5.65. The average molecular weight is 211 g/mol. The van der Waals surface area contributed by atoms with E-state index in [0.717, 1.165) is 6.42 Å². The first-order valence-corrected chi connectivity index (χ1v) is 5.78. The molecule has 2 bridgehead atoms. The lowest BCUT2D eigenvalue weighted by atomic mass is 9.36. The van der Waals surface area contributed by atoms with Crippen molar-refractivity contribution < 1.29 is 9.90 Å². The van der Waals surface area contributed by atoms with Crippen molar-refractivity contribution >= 4 is 6.09 Å². The Morgan fingerprint density at radius 1 is 1.40 bits per heavy atom. The molecule has 3 aliphatic carbocycles. The van der Waals surface area contributed by atoms with Crippen molar-refractivity contribution in [3.63, 3.8) is 0 Å². The van der Waals surface area contributed by atoms with Gasteiger partial charge in [-0.25, -0.2) is 4.79 Å². The first-order valence-electron chi connectivity index (χ1n) is 5.78. The van der Waals surface area contributed by atoms with Gasteiger partial charge in [0, 0.05) is 6.04 Å². The molecule has 3 heteroatoms. The monoisotopic (exact) mass is 211 g/mol. The smallest absolute Gasteiger partial charge is 0.404 e. The van der Waals surface area contributed by atoms with Crippen LogP contribution in [0.25, 0.3) is 0 Å². The SMILES string of the molecule is CC1[C@H](NC(=O)O)C[C@@H]2CC1(C)C2(C)C. The quantitative estimate of drug-likeness (QED) is 0.700. The third-order valence-electron chi connectivity index (χ3n) is 5.62. The van der Waals surface area contributed by atoms with Gasteiger partial charge in [-0.1, -0.05) is 27.7 Å². The number of fused-ring (bicyclic) bond motifs is 2. The number of hydrogen-bond donors (Lipinski definition) is 2. The normalized spacial score (nSPS) is 46.8. The molecule has 3 fully saturated rings. The summed E-state index contributed by atoms with van der Waals surface area (Å²) in [6, 6.07) is 0.152. The van der Waals surface area contributed by atoms with E-state index in [9.17, 15) is 4.79 Å². The van der Waals surface area contributed by atoms with Gasteiger partial charge in [-0.05, 0) is 35.5 Å². The van der Waals surface area contributed by atoms with E-state index in [0.29, 0.717) is 22.7 Å². The van der Waals surface area contributed by atoms with Crippen LogP contribution in [0, 0.1) is 22.7 Å². The molecule has 3 saturated carbocycles. The van der Waals surface area contributed by atoms with Gasteiger partial charge in [0.2, 0.25) is 0 Å². The maximum Gasteiger partial charge on any atom is 0.404 e. The largest absolute Gasteiger partial charge is 0.465 e. The van der Waals surface area contributed by atoms with Crippen molar-refractivity contribution in [1.82, 2.24) is 5.32 Å². The maximum absolute atomic E-state index is 10.7. The lowest BCUT2D eigenvalue weighted by molar-refractivity contribution is -0.192. The maximum atomic E-state index is 10.7. The van der Waals surface area contributed by atoms with Crippen LogP contribution in [0.5, 0.6) is 0 Å². The number of carboxylic acid groups (broad SMARTS) is 1. The Morgan fingerprint density at radius 3 is 2.47 bits per heavy atom. The summed E-state index contributed by atoms with van der Waals surface area (Å²) in [5.41, 5.74) is 0.687. The molecule has 3 aliphatic rings. The van der Waals surface area contributed by atoms with Crippen LogP contribution in [-0.2, 0) is 0 Å². The predicted molar refractivity (Wildman–Crippen MR) is 58.7 cm³/mol. The van der Waals surface area contributed by atoms with Crippen molar-refractivity contribution in [3.8, 4) is 0 Å². The molecule has 0 aliphatic heterocycles. The highest BCUT2D eigenvalue weighted by Crippen LogP contribution is 2.69. The molecule has 86 valence electrons. The van der Waals surface area contributed by atoms with Crippen molar-refractivity contribution in [2.75, 3.05) is 0 Å². The van der Waals surface area contributed by atoms with Crippen LogP contribution < -0.4 is 5.32 Å². The summed E-state index contributed by atoms with van der Waals surface area (Å²) >= 11 is 0. The summed E-state index contributed by atoms with van der Waals surface area (Å²) in [6.45, 7) is 9.16. The molecular formula is C12H21NO2. The second-order valence-corrected chi connectivity index (χ2v) is 6.12. The Morgan fingerprint density at radius 2 is 2.00 bits per heavy atom. The van der Waals surface area contributed by atoms with Crippen molar-refractivity contribution in [1.29, 1.82) is 0 Å². The Labute approximate surface area is 91.2 Å². The van der Waals surface area contributed by atoms with Crippen LogP contribution in [0.1, 0.15) is 40.5 Å². The van der Waals surface area contributed by atoms with Crippen LogP contribution in [0.15, 0.2) is 0 Å². The van der Waals surface area contributed by atoms with Gasteiger partial charge in [-0.2, -0.15) is 0 Å². The third kappa shape index (κ3) is 1.21. The average Bonchev–Trinajstić information content (AvgIpc) is 2.11. The van der Waals surface area contributed by atoms with Gasteiger partial charge in [0.05, 0.1) is 0 Å². The summed E-state index contributed by atoms with van der Waals surface area (Å²) in [5.74, 6) is 1.13. The van der Waals surface area contributed by atoms with E-state index >= 15 is 0 Å².